The van der Waals surface area contributed by atoms with Gasteiger partial charge in [-0.1, -0.05) is 0 Å². The SMILES string of the molecule is O=C(Cc1ccncc1)c1c(F)cc(F)cc1F. The van der Waals surface area contributed by atoms with Gasteiger partial charge in [0.15, 0.2) is 5.78 Å². The highest BCUT2D eigenvalue weighted by Gasteiger charge is 2.18. The summed E-state index contributed by atoms with van der Waals surface area (Å²) in [4.78, 5) is 15.5. The summed E-state index contributed by atoms with van der Waals surface area (Å²) in [6.07, 6.45) is 2.78. The van der Waals surface area contributed by atoms with Gasteiger partial charge in [-0.15, -0.1) is 0 Å². The van der Waals surface area contributed by atoms with E-state index in [0.717, 1.165) is 0 Å². The molecule has 0 saturated heterocycles. The lowest BCUT2D eigenvalue weighted by atomic mass is 10.0. The summed E-state index contributed by atoms with van der Waals surface area (Å²) in [5.41, 5.74) is -0.133. The van der Waals surface area contributed by atoms with Gasteiger partial charge in [0.2, 0.25) is 0 Å². The summed E-state index contributed by atoms with van der Waals surface area (Å²) in [7, 11) is 0. The molecule has 0 aliphatic rings. The number of halogens is 3. The Labute approximate surface area is 101 Å². The van der Waals surface area contributed by atoms with E-state index < -0.39 is 28.8 Å². The van der Waals surface area contributed by atoms with Crippen LogP contribution in [0.4, 0.5) is 13.2 Å². The van der Waals surface area contributed by atoms with Gasteiger partial charge in [-0.25, -0.2) is 13.2 Å². The number of carbonyl (C=O) groups excluding carboxylic acids is 1. The maximum absolute atomic E-state index is 13.4. The van der Waals surface area contributed by atoms with E-state index in [4.69, 9.17) is 0 Å². The first-order valence-corrected chi connectivity index (χ1v) is 5.14. The van der Waals surface area contributed by atoms with Crippen molar-refractivity contribution in [2.45, 2.75) is 6.42 Å². The Bertz CT molecular complexity index is 561. The molecule has 2 aromatic rings. The molecule has 1 aromatic carbocycles. The van der Waals surface area contributed by atoms with Crippen molar-refractivity contribution in [3.8, 4) is 0 Å². The van der Waals surface area contributed by atoms with Gasteiger partial charge in [-0.2, -0.15) is 0 Å². The van der Waals surface area contributed by atoms with Crippen LogP contribution in [0, 0.1) is 17.5 Å². The number of aromatic nitrogens is 1. The van der Waals surface area contributed by atoms with E-state index in [9.17, 15) is 18.0 Å². The minimum absolute atomic E-state index is 0.165. The number of nitrogens with zero attached hydrogens (tertiary/aromatic N) is 1. The summed E-state index contributed by atoms with van der Waals surface area (Å²) in [6.45, 7) is 0. The number of pyridine rings is 1. The van der Waals surface area contributed by atoms with E-state index in [-0.39, 0.29) is 6.42 Å². The summed E-state index contributed by atoms with van der Waals surface area (Å²) < 4.78 is 39.4. The fraction of sp³-hybridized carbons (Fsp3) is 0.0769. The fourth-order valence-corrected chi connectivity index (χ4v) is 1.58. The third-order valence-electron chi connectivity index (χ3n) is 2.40. The minimum Gasteiger partial charge on any atom is -0.294 e. The number of benzene rings is 1. The average Bonchev–Trinajstić information content (AvgIpc) is 2.28. The van der Waals surface area contributed by atoms with Crippen molar-refractivity contribution in [1.29, 1.82) is 0 Å². The molecule has 0 amide bonds. The van der Waals surface area contributed by atoms with E-state index in [0.29, 0.717) is 17.7 Å². The molecular weight excluding hydrogens is 243 g/mol. The van der Waals surface area contributed by atoms with E-state index >= 15 is 0 Å². The van der Waals surface area contributed by atoms with Crippen LogP contribution < -0.4 is 0 Å². The first-order chi connectivity index (χ1) is 8.58. The Morgan fingerprint density at radius 1 is 1.06 bits per heavy atom. The molecule has 92 valence electrons. The van der Waals surface area contributed by atoms with Crippen LogP contribution in [0.15, 0.2) is 36.7 Å². The minimum atomic E-state index is -1.19. The maximum Gasteiger partial charge on any atom is 0.173 e. The zero-order valence-corrected chi connectivity index (χ0v) is 9.16. The molecule has 18 heavy (non-hydrogen) atoms. The van der Waals surface area contributed by atoms with E-state index in [1.165, 1.54) is 12.4 Å². The Hall–Kier alpha value is -2.17. The van der Waals surface area contributed by atoms with Crippen molar-refractivity contribution >= 4 is 5.78 Å². The topological polar surface area (TPSA) is 30.0 Å². The van der Waals surface area contributed by atoms with Crippen LogP contribution in [0.25, 0.3) is 0 Å². The van der Waals surface area contributed by atoms with Gasteiger partial charge in [0.25, 0.3) is 0 Å². The molecule has 0 radical (unpaired) electrons. The van der Waals surface area contributed by atoms with Crippen LogP contribution in [-0.4, -0.2) is 10.8 Å². The zero-order valence-electron chi connectivity index (χ0n) is 9.16. The molecule has 0 aliphatic heterocycles. The van der Waals surface area contributed by atoms with E-state index in [2.05, 4.69) is 4.98 Å². The second kappa shape index (κ2) is 5.00. The molecule has 2 nitrogen and oxygen atoms in total. The van der Waals surface area contributed by atoms with Crippen molar-refractivity contribution in [1.82, 2.24) is 4.98 Å². The number of carbonyl (C=O) groups is 1. The molecule has 0 N–H and O–H groups in total. The lowest BCUT2D eigenvalue weighted by molar-refractivity contribution is 0.0984. The summed E-state index contributed by atoms with van der Waals surface area (Å²) in [5, 5.41) is 0. The molecular formula is C13H8F3NO. The highest BCUT2D eigenvalue weighted by atomic mass is 19.1. The van der Waals surface area contributed by atoms with Crippen molar-refractivity contribution < 1.29 is 18.0 Å². The molecule has 0 aliphatic carbocycles. The van der Waals surface area contributed by atoms with Crippen LogP contribution >= 0.6 is 0 Å². The van der Waals surface area contributed by atoms with E-state index in [1.807, 2.05) is 0 Å². The molecule has 0 unspecified atom stereocenters. The van der Waals surface area contributed by atoms with Crippen LogP contribution in [0.5, 0.6) is 0 Å². The summed E-state index contributed by atoms with van der Waals surface area (Å²) in [5.74, 6) is -4.17. The number of hydrogen-bond donors (Lipinski definition) is 0. The highest BCUT2D eigenvalue weighted by molar-refractivity contribution is 5.98. The summed E-state index contributed by atoms with van der Waals surface area (Å²) in [6, 6.07) is 4.11. The number of hydrogen-bond acceptors (Lipinski definition) is 2. The van der Waals surface area contributed by atoms with Gasteiger partial charge in [0.05, 0.1) is 5.56 Å². The molecule has 0 saturated carbocycles. The van der Waals surface area contributed by atoms with Gasteiger partial charge in [0.1, 0.15) is 17.5 Å². The zero-order chi connectivity index (χ0) is 13.1. The van der Waals surface area contributed by atoms with Crippen molar-refractivity contribution in [3.63, 3.8) is 0 Å². The number of Topliss-reactive ketones (excluding diaryl/α,β-unsaturated/α-hetero) is 1. The van der Waals surface area contributed by atoms with Gasteiger partial charge in [0, 0.05) is 30.9 Å². The quantitative estimate of drug-likeness (QED) is 0.785. The van der Waals surface area contributed by atoms with E-state index in [1.54, 1.807) is 12.1 Å². The molecule has 1 heterocycles. The van der Waals surface area contributed by atoms with Crippen LogP contribution in [0.3, 0.4) is 0 Å². The first kappa shape index (κ1) is 12.3. The average molecular weight is 251 g/mol. The highest BCUT2D eigenvalue weighted by Crippen LogP contribution is 2.17. The first-order valence-electron chi connectivity index (χ1n) is 5.14. The Kier molecular flexibility index (Phi) is 3.41. The summed E-state index contributed by atoms with van der Waals surface area (Å²) >= 11 is 0. The third kappa shape index (κ3) is 2.56. The Balaban J connectivity index is 2.30. The predicted molar refractivity (Wildman–Crippen MR) is 58.6 cm³/mol. The smallest absolute Gasteiger partial charge is 0.173 e. The van der Waals surface area contributed by atoms with Crippen LogP contribution in [-0.2, 0) is 6.42 Å². The largest absolute Gasteiger partial charge is 0.294 e. The standard InChI is InChI=1S/C13H8F3NO/c14-9-6-10(15)13(11(16)7-9)12(18)5-8-1-3-17-4-2-8/h1-4,6-7H,5H2. The second-order valence-corrected chi connectivity index (χ2v) is 3.70. The van der Waals surface area contributed by atoms with Crippen molar-refractivity contribution in [3.05, 3.63) is 65.2 Å². The molecule has 2 rings (SSSR count). The van der Waals surface area contributed by atoms with Gasteiger partial charge in [-0.05, 0) is 17.7 Å². The monoisotopic (exact) mass is 251 g/mol. The molecule has 5 heteroatoms. The molecule has 0 atom stereocenters. The molecule has 0 bridgehead atoms. The van der Waals surface area contributed by atoms with Gasteiger partial charge < -0.3 is 0 Å². The maximum atomic E-state index is 13.4. The Morgan fingerprint density at radius 2 is 1.61 bits per heavy atom. The lowest BCUT2D eigenvalue weighted by Gasteiger charge is -2.04. The van der Waals surface area contributed by atoms with Crippen molar-refractivity contribution in [2.24, 2.45) is 0 Å². The van der Waals surface area contributed by atoms with Crippen LogP contribution in [0.2, 0.25) is 0 Å². The van der Waals surface area contributed by atoms with Gasteiger partial charge in [-0.3, -0.25) is 9.78 Å². The number of ketones is 1. The Morgan fingerprint density at radius 3 is 2.17 bits per heavy atom. The van der Waals surface area contributed by atoms with Crippen LogP contribution in [0.1, 0.15) is 15.9 Å². The number of rotatable bonds is 3. The van der Waals surface area contributed by atoms with Crippen molar-refractivity contribution in [2.75, 3.05) is 0 Å². The second-order valence-electron chi connectivity index (χ2n) is 3.70. The molecule has 1 aromatic heterocycles. The normalized spacial score (nSPS) is 10.4. The fourth-order valence-electron chi connectivity index (χ4n) is 1.58. The third-order valence-corrected chi connectivity index (χ3v) is 2.40. The van der Waals surface area contributed by atoms with Gasteiger partial charge >= 0.3 is 0 Å². The predicted octanol–water partition coefficient (Wildman–Crippen LogP) is 2.92. The molecule has 0 fully saturated rings. The lowest BCUT2D eigenvalue weighted by Crippen LogP contribution is -2.09. The molecule has 0 spiro atoms.